The molecule has 0 saturated carbocycles. The number of hydrogen-bond donors (Lipinski definition) is 1. The smallest absolute Gasteiger partial charge is 0.292 e. The maximum Gasteiger partial charge on any atom is 0.292 e. The maximum atomic E-state index is 13.1. The third-order valence-electron chi connectivity index (χ3n) is 4.98. The van der Waals surface area contributed by atoms with Crippen molar-refractivity contribution in [3.63, 3.8) is 0 Å². The van der Waals surface area contributed by atoms with Crippen LogP contribution in [-0.4, -0.2) is 15.7 Å². The Hall–Kier alpha value is -3.13. The number of carbonyl (C=O) groups excluding carboxylic acids is 1. The number of nitriles is 1. The lowest BCUT2D eigenvalue weighted by Crippen LogP contribution is -2.11. The van der Waals surface area contributed by atoms with E-state index in [0.717, 1.165) is 40.8 Å². The summed E-state index contributed by atoms with van der Waals surface area (Å²) in [5.74, 6) is -0.587. The number of nitrogens with one attached hydrogen (secondary N) is 1. The highest BCUT2D eigenvalue weighted by molar-refractivity contribution is 7.16. The number of alkyl halides is 4. The Kier molecular flexibility index (Phi) is 5.82. The number of amides is 1. The molecule has 1 aliphatic rings. The number of carbonyl (C=O) groups is 1. The van der Waals surface area contributed by atoms with Gasteiger partial charge in [0.05, 0.1) is 12.1 Å². The van der Waals surface area contributed by atoms with Crippen molar-refractivity contribution < 1.29 is 26.8 Å². The van der Waals surface area contributed by atoms with Crippen LogP contribution >= 0.6 is 11.3 Å². The van der Waals surface area contributed by atoms with Gasteiger partial charge in [-0.25, -0.2) is 17.6 Å². The van der Waals surface area contributed by atoms with Crippen LogP contribution in [0.1, 0.15) is 69.4 Å². The molecule has 0 bridgehead atoms. The molecule has 0 radical (unpaired) electrons. The Morgan fingerprint density at radius 1 is 1.26 bits per heavy atom. The summed E-state index contributed by atoms with van der Waals surface area (Å²) in [7, 11) is 0. The average molecular weight is 452 g/mol. The quantitative estimate of drug-likeness (QED) is 0.503. The lowest BCUT2D eigenvalue weighted by molar-refractivity contribution is 0.0994. The van der Waals surface area contributed by atoms with E-state index in [-0.39, 0.29) is 18.1 Å². The minimum absolute atomic E-state index is 0.0925. The van der Waals surface area contributed by atoms with Crippen molar-refractivity contribution in [2.24, 2.45) is 0 Å². The van der Waals surface area contributed by atoms with Gasteiger partial charge < -0.3 is 9.73 Å². The van der Waals surface area contributed by atoms with E-state index in [1.54, 1.807) is 0 Å². The van der Waals surface area contributed by atoms with E-state index in [1.807, 2.05) is 0 Å². The summed E-state index contributed by atoms with van der Waals surface area (Å²) in [4.78, 5) is 13.7. The molecule has 0 unspecified atom stereocenters. The summed E-state index contributed by atoms with van der Waals surface area (Å²) >= 11 is 1.36. The molecular weight excluding hydrogens is 436 g/mol. The largest absolute Gasteiger partial charge is 0.454 e. The van der Waals surface area contributed by atoms with Crippen molar-refractivity contribution in [2.75, 3.05) is 5.32 Å². The first kappa shape index (κ1) is 21.1. The fourth-order valence-corrected chi connectivity index (χ4v) is 4.77. The second kappa shape index (κ2) is 8.55. The fraction of sp³-hybridized carbons (Fsp3) is 0.350. The highest BCUT2D eigenvalue weighted by Gasteiger charge is 2.24. The van der Waals surface area contributed by atoms with Gasteiger partial charge in [0.1, 0.15) is 28.2 Å². The van der Waals surface area contributed by atoms with Crippen molar-refractivity contribution in [1.82, 2.24) is 9.78 Å². The number of nitrogens with zero attached hydrogens (tertiary/aromatic N) is 3. The van der Waals surface area contributed by atoms with E-state index in [1.165, 1.54) is 23.5 Å². The van der Waals surface area contributed by atoms with Crippen LogP contribution in [0.4, 0.5) is 22.6 Å². The second-order valence-corrected chi connectivity index (χ2v) is 8.11. The zero-order valence-electron chi connectivity index (χ0n) is 16.0. The molecule has 3 aromatic rings. The summed E-state index contributed by atoms with van der Waals surface area (Å²) in [5, 5.41) is 16.1. The number of anilines is 1. The molecule has 0 saturated heterocycles. The molecule has 1 N–H and O–H groups in total. The average Bonchev–Trinajstić information content (AvgIpc) is 3.44. The summed E-state index contributed by atoms with van der Waals surface area (Å²) in [5.41, 5.74) is 0.00532. The number of thiophene rings is 1. The summed E-state index contributed by atoms with van der Waals surface area (Å²) in [6.45, 7) is -0.337. The lowest BCUT2D eigenvalue weighted by Gasteiger charge is -2.09. The molecule has 0 aliphatic heterocycles. The van der Waals surface area contributed by atoms with Crippen LogP contribution < -0.4 is 5.32 Å². The topological polar surface area (TPSA) is 83.9 Å². The van der Waals surface area contributed by atoms with Crippen LogP contribution in [0.15, 0.2) is 22.6 Å². The van der Waals surface area contributed by atoms with Gasteiger partial charge in [0, 0.05) is 4.88 Å². The normalized spacial score (nSPS) is 13.5. The van der Waals surface area contributed by atoms with E-state index in [9.17, 15) is 27.6 Å². The van der Waals surface area contributed by atoms with E-state index >= 15 is 0 Å². The zero-order chi connectivity index (χ0) is 22.1. The van der Waals surface area contributed by atoms with Crippen molar-refractivity contribution >= 4 is 22.2 Å². The molecular formula is C20H16F4N4O2S. The zero-order valence-corrected chi connectivity index (χ0v) is 16.8. The molecule has 3 heterocycles. The molecule has 0 spiro atoms. The van der Waals surface area contributed by atoms with Gasteiger partial charge in [-0.2, -0.15) is 10.4 Å². The van der Waals surface area contributed by atoms with E-state index in [0.29, 0.717) is 16.6 Å². The highest BCUT2D eigenvalue weighted by atomic mass is 32.1. The number of rotatable bonds is 6. The molecule has 4 rings (SSSR count). The van der Waals surface area contributed by atoms with Gasteiger partial charge in [-0.05, 0) is 49.4 Å². The molecule has 3 aromatic heterocycles. The maximum absolute atomic E-state index is 13.1. The first-order chi connectivity index (χ1) is 14.9. The number of furan rings is 1. The van der Waals surface area contributed by atoms with Crippen LogP contribution in [0.25, 0.3) is 0 Å². The molecule has 0 aromatic carbocycles. The Bertz CT molecular complexity index is 1160. The summed E-state index contributed by atoms with van der Waals surface area (Å²) in [6.07, 6.45) is -2.28. The number of hydrogen-bond acceptors (Lipinski definition) is 5. The van der Waals surface area contributed by atoms with Crippen molar-refractivity contribution in [2.45, 2.75) is 45.1 Å². The van der Waals surface area contributed by atoms with Gasteiger partial charge in [0.15, 0.2) is 5.76 Å². The summed E-state index contributed by atoms with van der Waals surface area (Å²) in [6, 6.07) is 5.53. The summed E-state index contributed by atoms with van der Waals surface area (Å²) < 4.78 is 58.0. The van der Waals surface area contributed by atoms with Crippen LogP contribution in [0.5, 0.6) is 0 Å². The van der Waals surface area contributed by atoms with Crippen LogP contribution in [0.3, 0.4) is 0 Å². The Labute approximate surface area is 178 Å². The van der Waals surface area contributed by atoms with Gasteiger partial charge in [-0.3, -0.25) is 9.48 Å². The van der Waals surface area contributed by atoms with E-state index < -0.39 is 30.1 Å². The first-order valence-electron chi connectivity index (χ1n) is 9.46. The third-order valence-corrected chi connectivity index (χ3v) is 6.19. The Morgan fingerprint density at radius 3 is 2.74 bits per heavy atom. The van der Waals surface area contributed by atoms with Crippen molar-refractivity contribution in [3.05, 3.63) is 57.1 Å². The molecule has 162 valence electrons. The highest BCUT2D eigenvalue weighted by Crippen LogP contribution is 2.37. The van der Waals surface area contributed by atoms with Gasteiger partial charge in [0.25, 0.3) is 18.8 Å². The number of fused-ring (bicyclic) bond motifs is 1. The monoisotopic (exact) mass is 452 g/mol. The SMILES string of the molecule is N#Cc1c(NC(=O)c2ccc(Cn3nc(C(F)F)cc3C(F)F)o2)sc2c1CCCC2. The molecule has 0 atom stereocenters. The molecule has 6 nitrogen and oxygen atoms in total. The van der Waals surface area contributed by atoms with E-state index in [4.69, 9.17) is 4.42 Å². The molecule has 11 heteroatoms. The lowest BCUT2D eigenvalue weighted by atomic mass is 9.96. The van der Waals surface area contributed by atoms with Gasteiger partial charge in [0.2, 0.25) is 0 Å². The predicted octanol–water partition coefficient (Wildman–Crippen LogP) is 5.46. The fourth-order valence-electron chi connectivity index (χ4n) is 3.53. The third kappa shape index (κ3) is 4.20. The molecule has 1 amide bonds. The number of aromatic nitrogens is 2. The van der Waals surface area contributed by atoms with Gasteiger partial charge in [-0.15, -0.1) is 11.3 Å². The second-order valence-electron chi connectivity index (χ2n) is 7.00. The molecule has 0 fully saturated rings. The minimum Gasteiger partial charge on any atom is -0.454 e. The predicted molar refractivity (Wildman–Crippen MR) is 104 cm³/mol. The molecule has 31 heavy (non-hydrogen) atoms. The number of aryl methyl sites for hydroxylation is 1. The van der Waals surface area contributed by atoms with Gasteiger partial charge >= 0.3 is 0 Å². The van der Waals surface area contributed by atoms with Crippen molar-refractivity contribution in [3.8, 4) is 6.07 Å². The van der Waals surface area contributed by atoms with E-state index in [2.05, 4.69) is 16.5 Å². The van der Waals surface area contributed by atoms with Crippen molar-refractivity contribution in [1.29, 1.82) is 5.26 Å². The Morgan fingerprint density at radius 2 is 2.03 bits per heavy atom. The minimum atomic E-state index is -2.99. The first-order valence-corrected chi connectivity index (χ1v) is 10.3. The Balaban J connectivity index is 1.52. The van der Waals surface area contributed by atoms with Crippen LogP contribution in [0.2, 0.25) is 0 Å². The van der Waals surface area contributed by atoms with Gasteiger partial charge in [-0.1, -0.05) is 0 Å². The molecule has 1 aliphatic carbocycles. The number of halogens is 4. The van der Waals surface area contributed by atoms with Crippen LogP contribution in [-0.2, 0) is 19.4 Å². The van der Waals surface area contributed by atoms with Crippen LogP contribution in [0, 0.1) is 11.3 Å². The standard InChI is InChI=1S/C20H16F4N4O2S/c21-17(22)13-7-14(18(23)24)28(27-13)9-10-5-6-15(30-10)19(29)26-20-12(8-25)11-3-1-2-4-16(11)31-20/h5-7,17-18H,1-4,9H2,(H,26,29).